The number of halogens is 1. The van der Waals surface area contributed by atoms with Gasteiger partial charge in [-0.1, -0.05) is 32.5 Å². The Kier molecular flexibility index (Phi) is 12.1. The van der Waals surface area contributed by atoms with Gasteiger partial charge in [-0.15, -0.1) is 4.31 Å². The number of ether oxygens (including phenoxy) is 3. The van der Waals surface area contributed by atoms with Crippen LogP contribution in [0.2, 0.25) is 25.7 Å². The summed E-state index contributed by atoms with van der Waals surface area (Å²) >= 11 is 2.48. The third-order valence-electron chi connectivity index (χ3n) is 6.74. The lowest BCUT2D eigenvalue weighted by atomic mass is 10.0. The van der Waals surface area contributed by atoms with Gasteiger partial charge in [0.15, 0.2) is 0 Å². The van der Waals surface area contributed by atoms with E-state index in [1.165, 1.54) is 0 Å². The summed E-state index contributed by atoms with van der Waals surface area (Å²) in [7, 11) is -1.18. The maximum absolute atomic E-state index is 13.6. The van der Waals surface area contributed by atoms with Crippen molar-refractivity contribution < 1.29 is 23.2 Å². The number of unbranched alkanes of at least 4 members (excludes halogenated alkanes) is 2. The van der Waals surface area contributed by atoms with E-state index in [1.54, 1.807) is 12.5 Å². The van der Waals surface area contributed by atoms with Gasteiger partial charge in [-0.25, -0.2) is 9.97 Å². The van der Waals surface area contributed by atoms with E-state index >= 15 is 0 Å². The Morgan fingerprint density at radius 1 is 1.21 bits per heavy atom. The summed E-state index contributed by atoms with van der Waals surface area (Å²) in [6, 6.07) is 0.997. The number of hydrogen-bond acceptors (Lipinski definition) is 8. The van der Waals surface area contributed by atoms with E-state index in [9.17, 15) is 4.55 Å². The first-order valence-electron chi connectivity index (χ1n) is 14.0. The van der Waals surface area contributed by atoms with Crippen molar-refractivity contribution in [3.63, 3.8) is 0 Å². The fraction of sp³-hybridized carbons (Fsp3) is 0.778. The molecule has 0 aliphatic carbocycles. The van der Waals surface area contributed by atoms with Crippen LogP contribution in [0, 0.1) is 0 Å². The van der Waals surface area contributed by atoms with Crippen molar-refractivity contribution in [2.75, 3.05) is 26.4 Å². The molecule has 222 valence electrons. The third kappa shape index (κ3) is 9.13. The van der Waals surface area contributed by atoms with Crippen LogP contribution in [0.15, 0.2) is 27.7 Å². The molecule has 9 nitrogen and oxygen atoms in total. The Morgan fingerprint density at radius 2 is 1.92 bits per heavy atom. The molecule has 0 spiro atoms. The molecule has 2 atom stereocenters. The molecule has 3 rings (SSSR count). The molecule has 0 bridgehead atoms. The third-order valence-corrected chi connectivity index (χ3v) is 11.1. The van der Waals surface area contributed by atoms with Gasteiger partial charge in [-0.05, 0) is 62.5 Å². The molecule has 2 aromatic rings. The predicted molar refractivity (Wildman–Crippen MR) is 160 cm³/mol. The highest BCUT2D eigenvalue weighted by atomic mass is 79.9. The van der Waals surface area contributed by atoms with E-state index in [-0.39, 0.29) is 10.8 Å². The molecule has 12 heteroatoms. The van der Waals surface area contributed by atoms with Crippen LogP contribution in [0.5, 0.6) is 0 Å². The molecule has 0 saturated carbocycles. The van der Waals surface area contributed by atoms with Crippen molar-refractivity contribution in [3.8, 4) is 0 Å². The summed E-state index contributed by atoms with van der Waals surface area (Å²) in [5.41, 5.74) is 0. The number of rotatable bonds is 16. The molecule has 1 aliphatic heterocycles. The Labute approximate surface area is 246 Å². The van der Waals surface area contributed by atoms with Crippen LogP contribution >= 0.6 is 15.9 Å². The monoisotopic (exact) mass is 646 g/mol. The molecule has 1 saturated heterocycles. The molecule has 2 unspecified atom stereocenters. The van der Waals surface area contributed by atoms with E-state index in [4.69, 9.17) is 23.6 Å². The van der Waals surface area contributed by atoms with Crippen molar-refractivity contribution in [3.05, 3.63) is 35.0 Å². The first-order chi connectivity index (χ1) is 18.4. The predicted octanol–water partition coefficient (Wildman–Crippen LogP) is 6.62. The zero-order valence-electron chi connectivity index (χ0n) is 24.7. The Bertz CT molecular complexity index is 989. The number of nitrogens with zero attached hydrogens (tertiary/aromatic N) is 4. The van der Waals surface area contributed by atoms with Crippen LogP contribution in [0.1, 0.15) is 77.6 Å². The van der Waals surface area contributed by atoms with Crippen molar-refractivity contribution in [1.29, 1.82) is 0 Å². The van der Waals surface area contributed by atoms with Crippen LogP contribution in [0.25, 0.3) is 0 Å². The molecular weight excluding hydrogens is 600 g/mol. The van der Waals surface area contributed by atoms with Gasteiger partial charge in [-0.2, -0.15) is 0 Å². The Hall–Kier alpha value is -0.733. The number of hydrogen-bond donors (Lipinski definition) is 0. The maximum Gasteiger partial charge on any atom is 0.255 e. The van der Waals surface area contributed by atoms with Gasteiger partial charge < -0.3 is 23.2 Å². The van der Waals surface area contributed by atoms with Crippen LogP contribution in [0.4, 0.5) is 0 Å². The summed E-state index contributed by atoms with van der Waals surface area (Å²) in [5, 5.41) is 0. The summed E-state index contributed by atoms with van der Waals surface area (Å²) in [6.45, 7) is 18.1. The second-order valence-corrected chi connectivity index (χ2v) is 20.8. The first kappa shape index (κ1) is 32.8. The van der Waals surface area contributed by atoms with Crippen molar-refractivity contribution in [1.82, 2.24) is 18.8 Å². The van der Waals surface area contributed by atoms with Gasteiger partial charge >= 0.3 is 0 Å². The Balaban J connectivity index is 1.70. The molecule has 0 radical (unpaired) electrons. The van der Waals surface area contributed by atoms with E-state index in [2.05, 4.69) is 56.4 Å². The van der Waals surface area contributed by atoms with Crippen LogP contribution < -0.4 is 0 Å². The highest BCUT2D eigenvalue weighted by Gasteiger charge is 2.43. The largest absolute Gasteiger partial charge is 0.597 e. The summed E-state index contributed by atoms with van der Waals surface area (Å²) in [4.78, 5) is 9.08. The maximum atomic E-state index is 13.6. The minimum atomic E-state index is -1.19. The van der Waals surface area contributed by atoms with Crippen LogP contribution in [-0.2, 0) is 38.1 Å². The van der Waals surface area contributed by atoms with E-state index in [0.717, 1.165) is 48.8 Å². The molecule has 3 heterocycles. The highest BCUT2D eigenvalue weighted by Crippen LogP contribution is 2.37. The van der Waals surface area contributed by atoms with Crippen molar-refractivity contribution in [2.45, 2.75) is 109 Å². The molecule has 1 aliphatic rings. The number of imidazole rings is 1. The minimum Gasteiger partial charge on any atom is -0.597 e. The average molecular weight is 648 g/mol. The molecule has 39 heavy (non-hydrogen) atoms. The molecular formula is C27H47BrN4O5SSi. The highest BCUT2D eigenvalue weighted by molar-refractivity contribution is 9.10. The summed E-state index contributed by atoms with van der Waals surface area (Å²) in [6.07, 6.45) is 9.28. The molecule has 0 aromatic carbocycles. The fourth-order valence-corrected chi connectivity index (χ4v) is 7.13. The van der Waals surface area contributed by atoms with Gasteiger partial charge in [0, 0.05) is 39.0 Å². The fourth-order valence-electron chi connectivity index (χ4n) is 4.62. The first-order valence-corrected chi connectivity index (χ1v) is 19.6. The van der Waals surface area contributed by atoms with Gasteiger partial charge in [-0.3, -0.25) is 4.57 Å². The topological polar surface area (TPSA) is 97.8 Å². The smallest absolute Gasteiger partial charge is 0.255 e. The van der Waals surface area contributed by atoms with Crippen LogP contribution in [-0.4, -0.2) is 62.6 Å². The minimum absolute atomic E-state index is 0.110. The van der Waals surface area contributed by atoms with Crippen molar-refractivity contribution in [2.24, 2.45) is 0 Å². The SMILES string of the molecule is CCN(C(CCCCCC1(c2ncco2)OCCO1)c1ncc(Br)n1COCC[Si](C)(C)C)[S+]([O-])C(C)(C)C. The summed E-state index contributed by atoms with van der Waals surface area (Å²) in [5.74, 6) is 0.477. The lowest BCUT2D eigenvalue weighted by Gasteiger charge is -2.36. The normalized spacial score (nSPS) is 17.7. The second-order valence-electron chi connectivity index (χ2n) is 12.2. The van der Waals surface area contributed by atoms with Crippen LogP contribution in [0.3, 0.4) is 0 Å². The lowest BCUT2D eigenvalue weighted by molar-refractivity contribution is -0.187. The molecule has 1 fully saturated rings. The molecule has 0 N–H and O–H groups in total. The van der Waals surface area contributed by atoms with E-state index in [0.29, 0.717) is 38.8 Å². The average Bonchev–Trinajstić information content (AvgIpc) is 3.62. The van der Waals surface area contributed by atoms with E-state index in [1.807, 2.05) is 27.0 Å². The number of oxazole rings is 1. The lowest BCUT2D eigenvalue weighted by Crippen LogP contribution is -2.45. The zero-order chi connectivity index (χ0) is 28.7. The Morgan fingerprint density at radius 3 is 2.51 bits per heavy atom. The van der Waals surface area contributed by atoms with Gasteiger partial charge in [0.05, 0.1) is 25.6 Å². The summed E-state index contributed by atoms with van der Waals surface area (Å²) < 4.78 is 41.8. The van der Waals surface area contributed by atoms with Gasteiger partial charge in [0.25, 0.3) is 5.89 Å². The standard InChI is InChI=1S/C27H47BrN4O5SSi/c1-8-32(38(33)26(2,3)4)22(24-30-20-23(28)31(24)21-34-18-19-39(5,6)7)12-10-9-11-13-27(36-16-17-37-27)25-29-14-15-35-25/h14-15,20,22H,8-13,16-19,21H2,1-7H3. The zero-order valence-corrected chi connectivity index (χ0v) is 28.1. The van der Waals surface area contributed by atoms with Gasteiger partial charge in [0.1, 0.15) is 34.2 Å². The number of aromatic nitrogens is 3. The second kappa shape index (κ2) is 14.4. The van der Waals surface area contributed by atoms with E-state index < -0.39 is 25.2 Å². The van der Waals surface area contributed by atoms with Crippen molar-refractivity contribution >= 4 is 35.4 Å². The van der Waals surface area contributed by atoms with Gasteiger partial charge in [0.2, 0.25) is 5.79 Å². The quantitative estimate of drug-likeness (QED) is 0.114. The molecule has 0 amide bonds. The molecule has 2 aromatic heterocycles.